The van der Waals surface area contributed by atoms with Gasteiger partial charge in [0, 0.05) is 68.3 Å². The number of nitrogens with one attached hydrogen (secondary N) is 2. The number of carbonyl (C=O) groups is 3. The van der Waals surface area contributed by atoms with Gasteiger partial charge < -0.3 is 35.8 Å². The Labute approximate surface area is 177 Å². The Bertz CT molecular complexity index is 380. The van der Waals surface area contributed by atoms with Gasteiger partial charge in [-0.3, -0.25) is 9.69 Å². The van der Waals surface area contributed by atoms with Crippen LogP contribution in [0, 0.1) is 0 Å². The summed E-state index contributed by atoms with van der Waals surface area (Å²) in [6.45, 7) is 6.37. The summed E-state index contributed by atoms with van der Waals surface area (Å²) in [6.07, 6.45) is 0. The molecular formula is C14H26N6O3W2-2. The van der Waals surface area contributed by atoms with Crippen molar-refractivity contribution in [1.82, 2.24) is 20.4 Å². The monoisotopic (exact) mass is 694 g/mol. The molecule has 3 aliphatic heterocycles. The van der Waals surface area contributed by atoms with Crippen LogP contribution in [-0.2, 0) is 56.5 Å². The van der Waals surface area contributed by atoms with Gasteiger partial charge in [0.15, 0.2) is 0 Å². The fraction of sp³-hybridized carbons (Fsp3) is 0.786. The second kappa shape index (κ2) is 15.9. The predicted molar refractivity (Wildman–Crippen MR) is 87.3 cm³/mol. The number of hydrogen-bond donors (Lipinski definition) is 2. The predicted octanol–water partition coefficient (Wildman–Crippen LogP) is -1.63. The largest absolute Gasteiger partial charge is 0.651 e. The summed E-state index contributed by atoms with van der Waals surface area (Å²) in [4.78, 5) is 35.2. The van der Waals surface area contributed by atoms with Gasteiger partial charge in [0.05, 0.1) is 18.4 Å². The van der Waals surface area contributed by atoms with E-state index < -0.39 is 0 Å². The van der Waals surface area contributed by atoms with E-state index in [1.807, 2.05) is 23.9 Å². The normalized spacial score (nSPS) is 20.6. The van der Waals surface area contributed by atoms with E-state index in [-0.39, 0.29) is 59.9 Å². The Morgan fingerprint density at radius 3 is 1.80 bits per heavy atom. The summed E-state index contributed by atoms with van der Waals surface area (Å²) < 4.78 is 0. The van der Waals surface area contributed by atoms with Crippen molar-refractivity contribution in [2.45, 2.75) is 0 Å². The van der Waals surface area contributed by atoms with Gasteiger partial charge >= 0.3 is 0 Å². The first kappa shape index (κ1) is 26.9. The average Bonchev–Trinajstić information content (AvgIpc) is 2.49. The molecule has 0 aromatic heterocycles. The average molecular weight is 694 g/mol. The number of hydrogen-bond acceptors (Lipinski definition) is 6. The van der Waals surface area contributed by atoms with Gasteiger partial charge in [-0.25, -0.2) is 0 Å². The second-order valence-corrected chi connectivity index (χ2v) is 5.55. The first-order valence-electron chi connectivity index (χ1n) is 7.72. The Morgan fingerprint density at radius 1 is 0.840 bits per heavy atom. The number of likely N-dealkylation sites (N-methyl/N-ethyl adjacent to an activating group) is 2. The van der Waals surface area contributed by atoms with Crippen LogP contribution >= 0.6 is 0 Å². The zero-order valence-electron chi connectivity index (χ0n) is 14.7. The molecule has 2 N–H and O–H groups in total. The molecule has 0 spiro atoms. The van der Waals surface area contributed by atoms with Crippen molar-refractivity contribution in [3.05, 3.63) is 10.6 Å². The van der Waals surface area contributed by atoms with E-state index in [2.05, 4.69) is 21.3 Å². The van der Waals surface area contributed by atoms with Crippen molar-refractivity contribution in [3.8, 4) is 0 Å². The maximum absolute atomic E-state index is 10.5. The molecule has 25 heavy (non-hydrogen) atoms. The van der Waals surface area contributed by atoms with Gasteiger partial charge in [-0.05, 0) is 27.2 Å². The van der Waals surface area contributed by atoms with E-state index in [4.69, 9.17) is 0 Å². The maximum Gasteiger partial charge on any atom is 0.234 e. The molecule has 3 rings (SSSR count). The molecule has 11 heteroatoms. The molecule has 3 heterocycles. The summed E-state index contributed by atoms with van der Waals surface area (Å²) in [7, 11) is 3.87. The molecule has 3 amide bonds. The molecule has 0 atom stereocenters. The molecule has 0 radical (unpaired) electrons. The Morgan fingerprint density at radius 2 is 1.48 bits per heavy atom. The topological polar surface area (TPSA) is 110 Å². The molecule has 9 nitrogen and oxygen atoms in total. The first-order chi connectivity index (χ1) is 11.0. The zero-order chi connectivity index (χ0) is 17.1. The number of piperazine rings is 3. The minimum atomic E-state index is -0.0220. The molecule has 0 saturated carbocycles. The van der Waals surface area contributed by atoms with Gasteiger partial charge in [-0.1, -0.05) is 0 Å². The van der Waals surface area contributed by atoms with Crippen LogP contribution in [0.4, 0.5) is 0 Å². The molecule has 144 valence electrons. The van der Waals surface area contributed by atoms with Crippen LogP contribution in [0.5, 0.6) is 0 Å². The third-order valence-corrected chi connectivity index (χ3v) is 3.26. The van der Waals surface area contributed by atoms with E-state index in [0.29, 0.717) is 32.7 Å². The molecule has 0 bridgehead atoms. The fourth-order valence-electron chi connectivity index (χ4n) is 1.98. The minimum Gasteiger partial charge on any atom is -0.651 e. The molecule has 0 unspecified atom stereocenters. The molecule has 3 aliphatic rings. The Balaban J connectivity index is 0. The molecule has 0 aromatic carbocycles. The number of rotatable bonds is 0. The van der Waals surface area contributed by atoms with Crippen molar-refractivity contribution >= 4 is 17.7 Å². The molecule has 0 aliphatic carbocycles. The van der Waals surface area contributed by atoms with Gasteiger partial charge in [-0.2, -0.15) is 0 Å². The van der Waals surface area contributed by atoms with E-state index >= 15 is 0 Å². The molecule has 0 aromatic rings. The van der Waals surface area contributed by atoms with Crippen molar-refractivity contribution in [2.24, 2.45) is 0 Å². The third-order valence-electron chi connectivity index (χ3n) is 3.26. The van der Waals surface area contributed by atoms with Gasteiger partial charge in [0.2, 0.25) is 5.91 Å². The van der Waals surface area contributed by atoms with Gasteiger partial charge in [0.25, 0.3) is 0 Å². The van der Waals surface area contributed by atoms with Crippen LogP contribution < -0.4 is 10.6 Å². The summed E-state index contributed by atoms with van der Waals surface area (Å²) in [6, 6.07) is 0. The number of carbonyl (C=O) groups excluding carboxylic acids is 3. The summed E-state index contributed by atoms with van der Waals surface area (Å²) in [5, 5.41) is 13.0. The molecule has 3 fully saturated rings. The van der Waals surface area contributed by atoms with Crippen molar-refractivity contribution in [2.75, 3.05) is 73.0 Å². The summed E-state index contributed by atoms with van der Waals surface area (Å²) in [5.74, 6) is 0.128. The van der Waals surface area contributed by atoms with Crippen LogP contribution in [0.15, 0.2) is 0 Å². The van der Waals surface area contributed by atoms with Crippen LogP contribution in [0.3, 0.4) is 0 Å². The number of nitrogens with zero attached hydrogens (tertiary/aromatic N) is 4. The number of amides is 3. The minimum absolute atomic E-state index is 0. The van der Waals surface area contributed by atoms with E-state index in [1.54, 1.807) is 0 Å². The van der Waals surface area contributed by atoms with E-state index in [0.717, 1.165) is 26.2 Å². The van der Waals surface area contributed by atoms with Crippen LogP contribution in [0.25, 0.3) is 10.6 Å². The van der Waals surface area contributed by atoms with Crippen LogP contribution in [0.1, 0.15) is 0 Å². The van der Waals surface area contributed by atoms with E-state index in [9.17, 15) is 14.4 Å². The Hall–Kier alpha value is -0.333. The summed E-state index contributed by atoms with van der Waals surface area (Å²) >= 11 is 0. The first-order valence-corrected chi connectivity index (χ1v) is 7.72. The fourth-order valence-corrected chi connectivity index (χ4v) is 1.98. The van der Waals surface area contributed by atoms with Gasteiger partial charge in [-0.15, -0.1) is 13.1 Å². The van der Waals surface area contributed by atoms with Crippen LogP contribution in [-0.4, -0.2) is 101 Å². The Kier molecular flexibility index (Phi) is 17.1. The van der Waals surface area contributed by atoms with Crippen molar-refractivity contribution < 1.29 is 56.5 Å². The molecular weight excluding hydrogens is 668 g/mol. The molecule has 3 saturated heterocycles. The van der Waals surface area contributed by atoms with Gasteiger partial charge in [0.1, 0.15) is 0 Å². The van der Waals surface area contributed by atoms with E-state index in [1.165, 1.54) is 0 Å². The maximum atomic E-state index is 10.5. The third kappa shape index (κ3) is 14.5. The van der Waals surface area contributed by atoms with Crippen LogP contribution in [0.2, 0.25) is 0 Å². The quantitative estimate of drug-likeness (QED) is 0.316. The smallest absolute Gasteiger partial charge is 0.234 e. The standard InChI is InChI=1S/2C5H10N2O.C4H8N2O.2W/c2*1-7-3-2-6-5(8)4-7;7-4-3-5-1-2-6-4;;/h2*2-4H2,1H3,(H,6,8);5H,1-3H2,(H,6,7);;/p-2. The van der Waals surface area contributed by atoms with Crippen molar-refractivity contribution in [3.63, 3.8) is 0 Å². The SMILES string of the molecule is CN1CCNC(=O)C1.CN1CC[N-]C(=O)C1.O=C1CNCC[N-]1.[W].[W]. The summed E-state index contributed by atoms with van der Waals surface area (Å²) in [5.41, 5.74) is 0. The second-order valence-electron chi connectivity index (χ2n) is 5.55. The van der Waals surface area contributed by atoms with Crippen molar-refractivity contribution in [1.29, 1.82) is 0 Å². The zero-order valence-corrected chi connectivity index (χ0v) is 20.6.